The number of benzene rings is 1. The van der Waals surface area contributed by atoms with Gasteiger partial charge < -0.3 is 4.98 Å². The van der Waals surface area contributed by atoms with Gasteiger partial charge in [0, 0.05) is 22.7 Å². The molecule has 0 aliphatic heterocycles. The number of primary sulfonamides is 1. The Morgan fingerprint density at radius 3 is 2.83 bits per heavy atom. The number of sulfonamides is 1. The third-order valence-electron chi connectivity index (χ3n) is 3.60. The van der Waals surface area contributed by atoms with E-state index < -0.39 is 10.0 Å². The summed E-state index contributed by atoms with van der Waals surface area (Å²) in [5.41, 5.74) is 2.59. The van der Waals surface area contributed by atoms with Crippen molar-refractivity contribution >= 4 is 26.7 Å². The number of aromatic amines is 1. The van der Waals surface area contributed by atoms with Gasteiger partial charge in [0.15, 0.2) is 5.78 Å². The van der Waals surface area contributed by atoms with Gasteiger partial charge in [0.25, 0.3) is 10.0 Å². The summed E-state index contributed by atoms with van der Waals surface area (Å²) < 4.78 is 23.5. The Morgan fingerprint density at radius 2 is 2.17 bits per heavy atom. The van der Waals surface area contributed by atoms with Crippen LogP contribution in [-0.2, 0) is 23.0 Å². The van der Waals surface area contributed by atoms with Crippen LogP contribution in [0.5, 0.6) is 0 Å². The highest BCUT2D eigenvalue weighted by Crippen LogP contribution is 2.23. The third-order valence-corrected chi connectivity index (χ3v) is 4.37. The highest BCUT2D eigenvalue weighted by molar-refractivity contribution is 7.89. The number of carbonyl (C=O) groups excluding carboxylic acids is 1. The Hall–Kier alpha value is -2.52. The van der Waals surface area contributed by atoms with Gasteiger partial charge >= 0.3 is 0 Å². The first kappa shape index (κ1) is 15.4. The number of nitrogens with two attached hydrogens (primary N) is 1. The molecule has 3 N–H and O–H groups in total. The molecule has 0 bridgehead atoms. The predicted molar refractivity (Wildman–Crippen MR) is 83.4 cm³/mol. The first-order valence-electron chi connectivity index (χ1n) is 6.95. The molecular weight excluding hydrogens is 318 g/mol. The fraction of sp³-hybridized carbons (Fsp3) is 0.214. The summed E-state index contributed by atoms with van der Waals surface area (Å²) in [6.07, 6.45) is 3.65. The Morgan fingerprint density at radius 1 is 1.39 bits per heavy atom. The molecule has 120 valence electrons. The van der Waals surface area contributed by atoms with Gasteiger partial charge in [0.2, 0.25) is 5.03 Å². The molecule has 3 rings (SSSR count). The van der Waals surface area contributed by atoms with E-state index in [4.69, 9.17) is 5.14 Å². The molecular formula is C14H15N5O3S. The van der Waals surface area contributed by atoms with Gasteiger partial charge in [-0.15, -0.1) is 5.10 Å². The molecule has 9 heteroatoms. The number of fused-ring (bicyclic) bond motifs is 1. The predicted octanol–water partition coefficient (Wildman–Crippen LogP) is 0.852. The van der Waals surface area contributed by atoms with E-state index in [1.54, 1.807) is 6.20 Å². The monoisotopic (exact) mass is 333 g/mol. The van der Waals surface area contributed by atoms with E-state index in [2.05, 4.69) is 15.3 Å². The number of para-hydroxylation sites is 1. The smallest absolute Gasteiger partial charge is 0.259 e. The molecule has 8 nitrogen and oxygen atoms in total. The Bertz CT molecular complexity index is 987. The van der Waals surface area contributed by atoms with Crippen molar-refractivity contribution in [3.8, 4) is 0 Å². The quantitative estimate of drug-likeness (QED) is 0.670. The lowest BCUT2D eigenvalue weighted by Crippen LogP contribution is -2.13. The Labute approximate surface area is 132 Å². The second kappa shape index (κ2) is 5.60. The highest BCUT2D eigenvalue weighted by atomic mass is 32.2. The first-order chi connectivity index (χ1) is 10.9. The van der Waals surface area contributed by atoms with E-state index >= 15 is 0 Å². The van der Waals surface area contributed by atoms with Crippen LogP contribution in [0.4, 0.5) is 0 Å². The van der Waals surface area contributed by atoms with Crippen LogP contribution in [0.15, 0.2) is 35.6 Å². The third kappa shape index (κ3) is 2.88. The van der Waals surface area contributed by atoms with Gasteiger partial charge in [-0.25, -0.2) is 18.2 Å². The van der Waals surface area contributed by atoms with Crippen molar-refractivity contribution in [1.82, 2.24) is 20.0 Å². The number of rotatable bonds is 5. The lowest BCUT2D eigenvalue weighted by atomic mass is 10.1. The number of aromatic nitrogens is 4. The highest BCUT2D eigenvalue weighted by Gasteiger charge is 2.17. The van der Waals surface area contributed by atoms with Crippen molar-refractivity contribution in [3.05, 3.63) is 41.7 Å². The standard InChI is InChI=1S/C14H15N5O3S/c1-2-9-4-3-5-10-11(6-16-14(9)10)12(20)7-19-8-13(17-18-19)23(15,21)22/h3-6,8,16H,2,7H2,1H3,(H2,15,21,22). The Kier molecular flexibility index (Phi) is 3.74. The van der Waals surface area contributed by atoms with Crippen molar-refractivity contribution in [2.24, 2.45) is 5.14 Å². The number of carbonyl (C=O) groups is 1. The average Bonchev–Trinajstić information content (AvgIpc) is 3.12. The maximum atomic E-state index is 12.5. The van der Waals surface area contributed by atoms with Gasteiger partial charge in [-0.2, -0.15) is 0 Å². The van der Waals surface area contributed by atoms with Crippen molar-refractivity contribution in [3.63, 3.8) is 0 Å². The molecule has 0 saturated carbocycles. The summed E-state index contributed by atoms with van der Waals surface area (Å²) in [5.74, 6) is -0.199. The number of nitrogens with one attached hydrogen (secondary N) is 1. The molecule has 0 spiro atoms. The van der Waals surface area contributed by atoms with Crippen molar-refractivity contribution < 1.29 is 13.2 Å². The van der Waals surface area contributed by atoms with Crippen molar-refractivity contribution in [2.45, 2.75) is 24.9 Å². The molecule has 23 heavy (non-hydrogen) atoms. The second-order valence-electron chi connectivity index (χ2n) is 5.12. The Balaban J connectivity index is 1.91. The molecule has 0 saturated heterocycles. The molecule has 0 aliphatic rings. The first-order valence-corrected chi connectivity index (χ1v) is 8.50. The van der Waals surface area contributed by atoms with Crippen LogP contribution in [0.2, 0.25) is 0 Å². The molecule has 0 amide bonds. The normalized spacial score (nSPS) is 11.9. The molecule has 0 unspecified atom stereocenters. The number of H-pyrrole nitrogens is 1. The van der Waals surface area contributed by atoms with E-state index in [1.165, 1.54) is 0 Å². The minimum atomic E-state index is -3.93. The number of ketones is 1. The van der Waals surface area contributed by atoms with Crippen LogP contribution in [0, 0.1) is 0 Å². The summed E-state index contributed by atoms with van der Waals surface area (Å²) in [5, 5.41) is 12.5. The average molecular weight is 333 g/mol. The largest absolute Gasteiger partial charge is 0.360 e. The van der Waals surface area contributed by atoms with Crippen LogP contribution in [0.1, 0.15) is 22.8 Å². The summed E-state index contributed by atoms with van der Waals surface area (Å²) in [6.45, 7) is 1.92. The fourth-order valence-electron chi connectivity index (χ4n) is 2.46. The summed E-state index contributed by atoms with van der Waals surface area (Å²) in [7, 11) is -3.93. The molecule has 0 atom stereocenters. The van der Waals surface area contributed by atoms with E-state index in [0.717, 1.165) is 33.8 Å². The number of hydrogen-bond donors (Lipinski definition) is 2. The van der Waals surface area contributed by atoms with Gasteiger partial charge in [0.05, 0.1) is 6.20 Å². The van der Waals surface area contributed by atoms with E-state index in [-0.39, 0.29) is 17.4 Å². The summed E-state index contributed by atoms with van der Waals surface area (Å²) in [4.78, 5) is 15.6. The molecule has 0 aliphatic carbocycles. The summed E-state index contributed by atoms with van der Waals surface area (Å²) in [6, 6.07) is 5.78. The lowest BCUT2D eigenvalue weighted by Gasteiger charge is -2.01. The second-order valence-corrected chi connectivity index (χ2v) is 6.63. The van der Waals surface area contributed by atoms with Gasteiger partial charge in [-0.1, -0.05) is 30.3 Å². The minimum Gasteiger partial charge on any atom is -0.360 e. The molecule has 2 heterocycles. The number of nitrogens with zero attached hydrogens (tertiary/aromatic N) is 3. The maximum Gasteiger partial charge on any atom is 0.259 e. The van der Waals surface area contributed by atoms with Crippen LogP contribution in [0.3, 0.4) is 0 Å². The van der Waals surface area contributed by atoms with E-state index in [0.29, 0.717) is 5.56 Å². The van der Waals surface area contributed by atoms with Crippen LogP contribution < -0.4 is 5.14 Å². The van der Waals surface area contributed by atoms with Crippen molar-refractivity contribution in [2.75, 3.05) is 0 Å². The van der Waals surface area contributed by atoms with Gasteiger partial charge in [-0.05, 0) is 12.0 Å². The van der Waals surface area contributed by atoms with Gasteiger partial charge in [0.1, 0.15) is 6.54 Å². The van der Waals surface area contributed by atoms with E-state index in [9.17, 15) is 13.2 Å². The minimum absolute atomic E-state index is 0.119. The maximum absolute atomic E-state index is 12.5. The number of Topliss-reactive ketones (excluding diaryl/α,β-unsaturated/α-hetero) is 1. The van der Waals surface area contributed by atoms with Crippen LogP contribution >= 0.6 is 0 Å². The fourth-order valence-corrected chi connectivity index (χ4v) is 2.88. The zero-order valence-electron chi connectivity index (χ0n) is 12.4. The number of aryl methyl sites for hydroxylation is 1. The van der Waals surface area contributed by atoms with Crippen LogP contribution in [0.25, 0.3) is 10.9 Å². The van der Waals surface area contributed by atoms with E-state index in [1.807, 2.05) is 25.1 Å². The molecule has 3 aromatic rings. The SMILES string of the molecule is CCc1cccc2c(C(=O)Cn3cc(S(N)(=O)=O)nn3)c[nH]c12. The topological polar surface area (TPSA) is 124 Å². The van der Waals surface area contributed by atoms with Gasteiger partial charge in [-0.3, -0.25) is 4.79 Å². The van der Waals surface area contributed by atoms with Crippen molar-refractivity contribution in [1.29, 1.82) is 0 Å². The summed E-state index contributed by atoms with van der Waals surface area (Å²) >= 11 is 0. The molecule has 0 radical (unpaired) electrons. The zero-order valence-corrected chi connectivity index (χ0v) is 13.2. The number of hydrogen-bond acceptors (Lipinski definition) is 5. The van der Waals surface area contributed by atoms with Crippen LogP contribution in [-0.4, -0.2) is 34.2 Å². The lowest BCUT2D eigenvalue weighted by molar-refractivity contribution is 0.0968. The molecule has 2 aromatic heterocycles. The zero-order chi connectivity index (χ0) is 16.6. The molecule has 1 aromatic carbocycles. The molecule has 0 fully saturated rings.